The minimum absolute atomic E-state index is 0.00436. The average molecular weight is 272 g/mol. The molecule has 6 nitrogen and oxygen atoms in total. The van der Waals surface area contributed by atoms with Crippen LogP contribution in [0.2, 0.25) is 5.02 Å². The van der Waals surface area contributed by atoms with Crippen LogP contribution in [-0.4, -0.2) is 28.8 Å². The van der Waals surface area contributed by atoms with Crippen LogP contribution in [0.3, 0.4) is 0 Å². The molecule has 0 unspecified atom stereocenters. The Morgan fingerprint density at radius 2 is 2.06 bits per heavy atom. The number of hydrogen-bond acceptors (Lipinski definition) is 4. The van der Waals surface area contributed by atoms with Gasteiger partial charge in [-0.3, -0.25) is 14.9 Å². The second-order valence-corrected chi connectivity index (χ2v) is 4.56. The Bertz CT molecular complexity index is 503. The molecule has 0 saturated heterocycles. The van der Waals surface area contributed by atoms with Crippen molar-refractivity contribution in [2.24, 2.45) is 0 Å². The zero-order valence-electron chi connectivity index (χ0n) is 10.3. The highest BCUT2D eigenvalue weighted by atomic mass is 35.5. The van der Waals surface area contributed by atoms with Crippen molar-refractivity contribution < 1.29 is 9.72 Å². The van der Waals surface area contributed by atoms with E-state index in [1.54, 1.807) is 7.05 Å². The molecule has 0 fully saturated rings. The predicted octanol–water partition coefficient (Wildman–Crippen LogP) is 2.31. The molecule has 1 amide bonds. The molecule has 1 aromatic rings. The van der Waals surface area contributed by atoms with E-state index in [4.69, 9.17) is 17.3 Å². The van der Waals surface area contributed by atoms with Gasteiger partial charge in [-0.25, -0.2) is 0 Å². The number of amides is 1. The molecule has 0 aliphatic rings. The molecule has 1 aromatic carbocycles. The molecule has 0 heterocycles. The lowest BCUT2D eigenvalue weighted by molar-refractivity contribution is -0.383. The summed E-state index contributed by atoms with van der Waals surface area (Å²) in [6, 6.07) is 2.46. The molecule has 0 aliphatic carbocycles. The van der Waals surface area contributed by atoms with E-state index in [1.807, 2.05) is 13.8 Å². The highest BCUT2D eigenvalue weighted by molar-refractivity contribution is 6.34. The second kappa shape index (κ2) is 5.22. The fraction of sp³-hybridized carbons (Fsp3) is 0.364. The molecule has 18 heavy (non-hydrogen) atoms. The highest BCUT2D eigenvalue weighted by Gasteiger charge is 2.22. The summed E-state index contributed by atoms with van der Waals surface area (Å²) in [6.07, 6.45) is 0. The molecule has 0 spiro atoms. The van der Waals surface area contributed by atoms with Crippen molar-refractivity contribution in [3.63, 3.8) is 0 Å². The van der Waals surface area contributed by atoms with Crippen LogP contribution >= 0.6 is 11.6 Å². The molecular formula is C11H14ClN3O3. The Hall–Kier alpha value is -1.82. The number of anilines is 1. The number of carbonyl (C=O) groups is 1. The first-order chi connectivity index (χ1) is 8.25. The van der Waals surface area contributed by atoms with E-state index in [1.165, 1.54) is 11.0 Å². The van der Waals surface area contributed by atoms with Crippen molar-refractivity contribution in [2.45, 2.75) is 19.9 Å². The summed E-state index contributed by atoms with van der Waals surface area (Å²) in [6.45, 7) is 3.68. The summed E-state index contributed by atoms with van der Waals surface area (Å²) in [4.78, 5) is 23.6. The number of halogens is 1. The van der Waals surface area contributed by atoms with Gasteiger partial charge in [0.25, 0.3) is 11.6 Å². The third-order valence-electron chi connectivity index (χ3n) is 2.65. The first kappa shape index (κ1) is 14.2. The van der Waals surface area contributed by atoms with Crippen LogP contribution < -0.4 is 5.73 Å². The molecule has 0 atom stereocenters. The zero-order valence-corrected chi connectivity index (χ0v) is 11.1. The van der Waals surface area contributed by atoms with E-state index in [2.05, 4.69) is 0 Å². The normalized spacial score (nSPS) is 10.5. The molecule has 0 bridgehead atoms. The van der Waals surface area contributed by atoms with Crippen molar-refractivity contribution >= 4 is 28.9 Å². The van der Waals surface area contributed by atoms with Gasteiger partial charge in [0.05, 0.1) is 9.95 Å². The summed E-state index contributed by atoms with van der Waals surface area (Å²) < 4.78 is 0. The van der Waals surface area contributed by atoms with Crippen molar-refractivity contribution in [2.75, 3.05) is 12.8 Å². The van der Waals surface area contributed by atoms with E-state index in [0.29, 0.717) is 0 Å². The van der Waals surface area contributed by atoms with E-state index in [0.717, 1.165) is 6.07 Å². The quantitative estimate of drug-likeness (QED) is 0.519. The molecule has 7 heteroatoms. The molecule has 0 aliphatic heterocycles. The second-order valence-electron chi connectivity index (χ2n) is 4.16. The third kappa shape index (κ3) is 2.70. The van der Waals surface area contributed by atoms with Gasteiger partial charge in [-0.05, 0) is 19.9 Å². The number of hydrogen-bond donors (Lipinski definition) is 1. The van der Waals surface area contributed by atoms with Gasteiger partial charge >= 0.3 is 0 Å². The molecule has 0 saturated carbocycles. The van der Waals surface area contributed by atoms with Crippen molar-refractivity contribution in [1.29, 1.82) is 0 Å². The standard InChI is InChI=1S/C11H14ClN3O3/c1-6(2)14(3)11(16)7-4-8(12)10(13)9(5-7)15(17)18/h4-6H,13H2,1-3H3. The van der Waals surface area contributed by atoms with Crippen LogP contribution in [0.1, 0.15) is 24.2 Å². The Kier molecular flexibility index (Phi) is 4.13. The lowest BCUT2D eigenvalue weighted by atomic mass is 10.1. The largest absolute Gasteiger partial charge is 0.392 e. The third-order valence-corrected chi connectivity index (χ3v) is 2.96. The number of nitrogens with two attached hydrogens (primary N) is 1. The molecule has 2 N–H and O–H groups in total. The number of nitrogen functional groups attached to an aromatic ring is 1. The fourth-order valence-electron chi connectivity index (χ4n) is 1.32. The summed E-state index contributed by atoms with van der Waals surface area (Å²) >= 11 is 5.79. The molecule has 98 valence electrons. The zero-order chi connectivity index (χ0) is 14.0. The van der Waals surface area contributed by atoms with E-state index in [9.17, 15) is 14.9 Å². The van der Waals surface area contributed by atoms with Gasteiger partial charge in [-0.1, -0.05) is 11.6 Å². The lowest BCUT2D eigenvalue weighted by Crippen LogP contribution is -2.33. The lowest BCUT2D eigenvalue weighted by Gasteiger charge is -2.21. The maximum Gasteiger partial charge on any atom is 0.294 e. The number of benzene rings is 1. The predicted molar refractivity (Wildman–Crippen MR) is 69.7 cm³/mol. The van der Waals surface area contributed by atoms with Crippen LogP contribution in [0.5, 0.6) is 0 Å². The van der Waals surface area contributed by atoms with Crippen LogP contribution in [0.15, 0.2) is 12.1 Å². The summed E-state index contributed by atoms with van der Waals surface area (Å²) in [5, 5.41) is 10.8. The Morgan fingerprint density at radius 1 is 1.50 bits per heavy atom. The van der Waals surface area contributed by atoms with Crippen molar-refractivity contribution in [1.82, 2.24) is 4.90 Å². The number of nitrogens with zero attached hydrogens (tertiary/aromatic N) is 2. The van der Waals surface area contributed by atoms with Crippen LogP contribution in [0, 0.1) is 10.1 Å². The maximum absolute atomic E-state index is 12.0. The summed E-state index contributed by atoms with van der Waals surface area (Å²) in [5.74, 6) is -0.338. The Balaban J connectivity index is 3.27. The highest BCUT2D eigenvalue weighted by Crippen LogP contribution is 2.31. The topological polar surface area (TPSA) is 89.5 Å². The van der Waals surface area contributed by atoms with Crippen molar-refractivity contribution in [3.8, 4) is 0 Å². The fourth-order valence-corrected chi connectivity index (χ4v) is 1.53. The minimum Gasteiger partial charge on any atom is -0.392 e. The number of nitro groups is 1. The van der Waals surface area contributed by atoms with Crippen molar-refractivity contribution in [3.05, 3.63) is 32.8 Å². The van der Waals surface area contributed by atoms with Gasteiger partial charge in [-0.2, -0.15) is 0 Å². The Labute approximate surface area is 109 Å². The smallest absolute Gasteiger partial charge is 0.294 e. The van der Waals surface area contributed by atoms with E-state index in [-0.39, 0.29) is 33.9 Å². The first-order valence-corrected chi connectivity index (χ1v) is 5.64. The van der Waals surface area contributed by atoms with Gasteiger partial charge in [0.15, 0.2) is 0 Å². The number of carbonyl (C=O) groups excluding carboxylic acids is 1. The number of rotatable bonds is 3. The van der Waals surface area contributed by atoms with Gasteiger partial charge < -0.3 is 10.6 Å². The summed E-state index contributed by atoms with van der Waals surface area (Å²) in [5.41, 5.74) is 5.15. The van der Waals surface area contributed by atoms with Gasteiger partial charge in [0, 0.05) is 24.7 Å². The Morgan fingerprint density at radius 3 is 2.50 bits per heavy atom. The van der Waals surface area contributed by atoms with Crippen LogP contribution in [-0.2, 0) is 0 Å². The van der Waals surface area contributed by atoms with Gasteiger partial charge in [0.1, 0.15) is 5.69 Å². The number of nitro benzene ring substituents is 1. The monoisotopic (exact) mass is 271 g/mol. The molecular weight excluding hydrogens is 258 g/mol. The van der Waals surface area contributed by atoms with Gasteiger partial charge in [0.2, 0.25) is 0 Å². The maximum atomic E-state index is 12.0. The molecule has 1 rings (SSSR count). The van der Waals surface area contributed by atoms with E-state index < -0.39 is 4.92 Å². The van der Waals surface area contributed by atoms with Crippen LogP contribution in [0.4, 0.5) is 11.4 Å². The minimum atomic E-state index is -0.659. The summed E-state index contributed by atoms with van der Waals surface area (Å²) in [7, 11) is 1.61. The average Bonchev–Trinajstić information content (AvgIpc) is 2.29. The first-order valence-electron chi connectivity index (χ1n) is 5.26. The van der Waals surface area contributed by atoms with E-state index >= 15 is 0 Å². The molecule has 0 radical (unpaired) electrons. The SMILES string of the molecule is CC(C)N(C)C(=O)c1cc(Cl)c(N)c([N+](=O)[O-])c1. The van der Waals surface area contributed by atoms with Gasteiger partial charge in [-0.15, -0.1) is 0 Å². The molecule has 0 aromatic heterocycles. The van der Waals surface area contributed by atoms with Crippen LogP contribution in [0.25, 0.3) is 0 Å².